The van der Waals surface area contributed by atoms with Crippen molar-refractivity contribution in [1.82, 2.24) is 0 Å². The van der Waals surface area contributed by atoms with Crippen molar-refractivity contribution < 1.29 is 14.4 Å². The summed E-state index contributed by atoms with van der Waals surface area (Å²) >= 11 is 7.52. The van der Waals surface area contributed by atoms with Crippen molar-refractivity contribution >= 4 is 57.9 Å². The molecule has 7 heteroatoms. The van der Waals surface area contributed by atoms with Crippen LogP contribution < -0.4 is 4.90 Å². The molecule has 4 aromatic carbocycles. The van der Waals surface area contributed by atoms with Gasteiger partial charge in [-0.2, -0.15) is 0 Å². The molecule has 0 aliphatic rings. The first-order valence-corrected chi connectivity index (χ1v) is 13.1. The van der Waals surface area contributed by atoms with E-state index < -0.39 is 5.97 Å². The zero-order valence-electron chi connectivity index (χ0n) is 20.2. The van der Waals surface area contributed by atoms with E-state index in [1.54, 1.807) is 23.9 Å². The maximum Gasteiger partial charge on any atom is 0.331 e. The van der Waals surface area contributed by atoms with Crippen LogP contribution >= 0.6 is 23.4 Å². The number of anilines is 3. The van der Waals surface area contributed by atoms with Crippen LogP contribution in [-0.2, 0) is 9.63 Å². The van der Waals surface area contributed by atoms with Crippen LogP contribution in [0.2, 0.25) is 5.02 Å². The lowest BCUT2D eigenvalue weighted by Crippen LogP contribution is -2.17. The number of halogens is 1. The number of hydrogen-bond acceptors (Lipinski definition) is 6. The van der Waals surface area contributed by atoms with Gasteiger partial charge in [-0.15, -0.1) is 11.8 Å². The second-order valence-corrected chi connectivity index (χ2v) is 9.66. The Kier molecular flexibility index (Phi) is 9.13. The first-order chi connectivity index (χ1) is 18.0. The van der Waals surface area contributed by atoms with Gasteiger partial charge in [-0.3, -0.25) is 4.79 Å². The number of carbonyl (C=O) groups is 2. The standard InChI is InChI=1S/C30H25ClN2O3S/c1-22(34)36-32-29(20-21-37-28-18-14-24(31)15-19-28)30(35)23-12-16-27(17-13-23)33(25-8-4-2-5-9-25)26-10-6-3-7-11-26/h2-19H,20-21H2,1H3/b32-29-. The summed E-state index contributed by atoms with van der Waals surface area (Å²) in [4.78, 5) is 32.6. The Hall–Kier alpha value is -3.87. The number of carbonyl (C=O) groups excluding carboxylic acids is 2. The second kappa shape index (κ2) is 12.9. The molecule has 0 atom stereocenters. The van der Waals surface area contributed by atoms with Crippen molar-refractivity contribution in [3.05, 3.63) is 120 Å². The van der Waals surface area contributed by atoms with Gasteiger partial charge in [0.2, 0.25) is 5.78 Å². The zero-order chi connectivity index (χ0) is 26.0. The van der Waals surface area contributed by atoms with Crippen molar-refractivity contribution in [3.8, 4) is 0 Å². The van der Waals surface area contributed by atoms with Crippen molar-refractivity contribution in [2.24, 2.45) is 5.16 Å². The normalized spacial score (nSPS) is 11.1. The Balaban J connectivity index is 1.54. The van der Waals surface area contributed by atoms with Gasteiger partial charge in [0.1, 0.15) is 5.71 Å². The quantitative estimate of drug-likeness (QED) is 0.0684. The third kappa shape index (κ3) is 7.32. The minimum Gasteiger partial charge on any atom is -0.318 e. The highest BCUT2D eigenvalue weighted by Gasteiger charge is 2.18. The molecule has 186 valence electrons. The first-order valence-electron chi connectivity index (χ1n) is 11.7. The average Bonchev–Trinajstić information content (AvgIpc) is 2.93. The van der Waals surface area contributed by atoms with Crippen LogP contribution in [0.5, 0.6) is 0 Å². The Labute approximate surface area is 225 Å². The smallest absolute Gasteiger partial charge is 0.318 e. The molecule has 5 nitrogen and oxygen atoms in total. The Morgan fingerprint density at radius 3 is 1.86 bits per heavy atom. The summed E-state index contributed by atoms with van der Waals surface area (Å²) in [6.45, 7) is 1.25. The molecule has 0 bridgehead atoms. The second-order valence-electron chi connectivity index (χ2n) is 8.06. The Morgan fingerprint density at radius 2 is 1.32 bits per heavy atom. The molecule has 0 aliphatic carbocycles. The summed E-state index contributed by atoms with van der Waals surface area (Å²) in [5.74, 6) is -0.274. The average molecular weight is 529 g/mol. The number of ketones is 1. The highest BCUT2D eigenvalue weighted by molar-refractivity contribution is 7.99. The SMILES string of the molecule is CC(=O)O/N=C(/CCSc1ccc(Cl)cc1)C(=O)c1ccc(N(c2ccccc2)c2ccccc2)cc1. The molecule has 0 saturated heterocycles. The fourth-order valence-corrected chi connectivity index (χ4v) is 4.63. The Bertz CT molecular complexity index is 1320. The van der Waals surface area contributed by atoms with Gasteiger partial charge >= 0.3 is 5.97 Å². The monoisotopic (exact) mass is 528 g/mol. The lowest BCUT2D eigenvalue weighted by molar-refractivity contribution is -0.140. The number of nitrogens with zero attached hydrogens (tertiary/aromatic N) is 2. The van der Waals surface area contributed by atoms with E-state index in [0.717, 1.165) is 22.0 Å². The van der Waals surface area contributed by atoms with Gasteiger partial charge in [-0.25, -0.2) is 4.79 Å². The molecule has 37 heavy (non-hydrogen) atoms. The number of thioether (sulfide) groups is 1. The number of rotatable bonds is 10. The van der Waals surface area contributed by atoms with Gasteiger partial charge in [0.15, 0.2) is 0 Å². The van der Waals surface area contributed by atoms with E-state index in [2.05, 4.69) is 10.1 Å². The van der Waals surface area contributed by atoms with Gasteiger partial charge in [0, 0.05) is 51.6 Å². The number of Topliss-reactive ketones (excluding diaryl/α,β-unsaturated/α-hetero) is 1. The van der Waals surface area contributed by atoms with Gasteiger partial charge in [0.25, 0.3) is 0 Å². The van der Waals surface area contributed by atoms with E-state index in [4.69, 9.17) is 16.4 Å². The molecule has 0 heterocycles. The number of benzene rings is 4. The van der Waals surface area contributed by atoms with Crippen LogP contribution in [0, 0.1) is 0 Å². The van der Waals surface area contributed by atoms with E-state index in [0.29, 0.717) is 22.8 Å². The predicted octanol–water partition coefficient (Wildman–Crippen LogP) is 8.09. The predicted molar refractivity (Wildman–Crippen MR) is 151 cm³/mol. The molecule has 0 N–H and O–H groups in total. The first kappa shape index (κ1) is 26.2. The number of oxime groups is 1. The van der Waals surface area contributed by atoms with Crippen LogP contribution in [0.3, 0.4) is 0 Å². The number of hydrogen-bond donors (Lipinski definition) is 0. The summed E-state index contributed by atoms with van der Waals surface area (Å²) in [5, 5.41) is 4.54. The molecule has 4 rings (SSSR count). The van der Waals surface area contributed by atoms with Crippen LogP contribution in [0.1, 0.15) is 23.7 Å². The molecule has 0 aliphatic heterocycles. The largest absolute Gasteiger partial charge is 0.331 e. The summed E-state index contributed by atoms with van der Waals surface area (Å²) in [5.41, 5.74) is 3.57. The molecule has 0 radical (unpaired) electrons. The zero-order valence-corrected chi connectivity index (χ0v) is 21.8. The fraction of sp³-hybridized carbons (Fsp3) is 0.100. The molecule has 0 aromatic heterocycles. The van der Waals surface area contributed by atoms with Crippen LogP contribution in [0.25, 0.3) is 0 Å². The van der Waals surface area contributed by atoms with E-state index in [1.807, 2.05) is 97.1 Å². The highest BCUT2D eigenvalue weighted by atomic mass is 35.5. The Morgan fingerprint density at radius 1 is 0.784 bits per heavy atom. The maximum absolute atomic E-state index is 13.3. The minimum atomic E-state index is -0.577. The van der Waals surface area contributed by atoms with Crippen molar-refractivity contribution in [1.29, 1.82) is 0 Å². The molecule has 0 spiro atoms. The van der Waals surface area contributed by atoms with Crippen LogP contribution in [0.15, 0.2) is 119 Å². The maximum atomic E-state index is 13.3. The van der Waals surface area contributed by atoms with E-state index in [-0.39, 0.29) is 11.5 Å². The fourth-order valence-electron chi connectivity index (χ4n) is 3.65. The molecule has 0 unspecified atom stereocenters. The van der Waals surface area contributed by atoms with E-state index >= 15 is 0 Å². The van der Waals surface area contributed by atoms with Gasteiger partial charge in [0.05, 0.1) is 0 Å². The molecule has 4 aromatic rings. The van der Waals surface area contributed by atoms with Crippen molar-refractivity contribution in [2.45, 2.75) is 18.2 Å². The highest BCUT2D eigenvalue weighted by Crippen LogP contribution is 2.34. The molecule has 0 saturated carbocycles. The third-order valence-electron chi connectivity index (χ3n) is 5.38. The molecule has 0 amide bonds. The topological polar surface area (TPSA) is 59.0 Å². The van der Waals surface area contributed by atoms with Gasteiger partial charge < -0.3 is 9.74 Å². The molecular formula is C30H25ClN2O3S. The summed E-state index contributed by atoms with van der Waals surface area (Å²) < 4.78 is 0. The lowest BCUT2D eigenvalue weighted by atomic mass is 10.0. The van der Waals surface area contributed by atoms with Gasteiger partial charge in [-0.1, -0.05) is 53.2 Å². The minimum absolute atomic E-state index is 0.187. The summed E-state index contributed by atoms with van der Waals surface area (Å²) in [6.07, 6.45) is 0.335. The van der Waals surface area contributed by atoms with Crippen molar-refractivity contribution in [2.75, 3.05) is 10.7 Å². The molecule has 0 fully saturated rings. The number of para-hydroxylation sites is 2. The van der Waals surface area contributed by atoms with E-state index in [1.165, 1.54) is 6.92 Å². The lowest BCUT2D eigenvalue weighted by Gasteiger charge is -2.25. The third-order valence-corrected chi connectivity index (χ3v) is 6.65. The van der Waals surface area contributed by atoms with Gasteiger partial charge in [-0.05, 0) is 72.8 Å². The van der Waals surface area contributed by atoms with Crippen LogP contribution in [-0.4, -0.2) is 23.2 Å². The van der Waals surface area contributed by atoms with Crippen LogP contribution in [0.4, 0.5) is 17.1 Å². The summed E-state index contributed by atoms with van der Waals surface area (Å²) in [7, 11) is 0. The van der Waals surface area contributed by atoms with E-state index in [9.17, 15) is 9.59 Å². The van der Waals surface area contributed by atoms with Crippen molar-refractivity contribution in [3.63, 3.8) is 0 Å². The molecular weight excluding hydrogens is 504 g/mol. The summed E-state index contributed by atoms with van der Waals surface area (Å²) in [6, 6.07) is 34.9.